The molecule has 0 amide bonds. The van der Waals surface area contributed by atoms with Crippen molar-refractivity contribution in [3.05, 3.63) is 29.8 Å². The van der Waals surface area contributed by atoms with E-state index in [4.69, 9.17) is 5.73 Å². The molecule has 5 nitrogen and oxygen atoms in total. The van der Waals surface area contributed by atoms with Gasteiger partial charge in [0, 0.05) is 11.8 Å². The monoisotopic (exact) mass is 245 g/mol. The van der Waals surface area contributed by atoms with Crippen LogP contribution in [0.3, 0.4) is 0 Å². The first-order valence-electron chi connectivity index (χ1n) is 6.28. The van der Waals surface area contributed by atoms with Crippen LogP contribution in [0.1, 0.15) is 44.4 Å². The van der Waals surface area contributed by atoms with Crippen molar-refractivity contribution >= 4 is 5.82 Å². The van der Waals surface area contributed by atoms with Crippen molar-refractivity contribution in [3.8, 4) is 5.82 Å². The van der Waals surface area contributed by atoms with E-state index in [9.17, 15) is 0 Å². The molecular formula is C13H19N5. The Hall–Kier alpha value is -1.91. The highest BCUT2D eigenvalue weighted by Gasteiger charge is 2.12. The highest BCUT2D eigenvalue weighted by atomic mass is 15.3. The number of nitrogens with two attached hydrogens (primary N) is 1. The van der Waals surface area contributed by atoms with Gasteiger partial charge in [0.1, 0.15) is 12.1 Å². The van der Waals surface area contributed by atoms with E-state index in [0.29, 0.717) is 11.7 Å². The van der Waals surface area contributed by atoms with Crippen molar-refractivity contribution in [2.24, 2.45) is 0 Å². The van der Waals surface area contributed by atoms with Crippen LogP contribution < -0.4 is 5.73 Å². The van der Waals surface area contributed by atoms with Crippen molar-refractivity contribution in [2.75, 3.05) is 5.73 Å². The van der Waals surface area contributed by atoms with Crippen molar-refractivity contribution in [1.82, 2.24) is 19.7 Å². The molecule has 0 aromatic carbocycles. The van der Waals surface area contributed by atoms with Gasteiger partial charge in [-0.05, 0) is 18.4 Å². The fourth-order valence-corrected chi connectivity index (χ4v) is 1.87. The van der Waals surface area contributed by atoms with Crippen LogP contribution in [0.4, 0.5) is 5.82 Å². The normalized spacial score (nSPS) is 11.1. The minimum absolute atomic E-state index is 0.403. The predicted molar refractivity (Wildman–Crippen MR) is 71.7 cm³/mol. The third-order valence-corrected chi connectivity index (χ3v) is 2.87. The van der Waals surface area contributed by atoms with E-state index in [1.807, 2.05) is 12.3 Å². The van der Waals surface area contributed by atoms with E-state index >= 15 is 0 Å². The molecule has 0 aliphatic heterocycles. The summed E-state index contributed by atoms with van der Waals surface area (Å²) in [6.45, 7) is 6.35. The van der Waals surface area contributed by atoms with Gasteiger partial charge in [0.15, 0.2) is 5.82 Å². The first-order chi connectivity index (χ1) is 8.63. The molecule has 0 spiro atoms. The van der Waals surface area contributed by atoms with Gasteiger partial charge in [0.25, 0.3) is 0 Å². The summed E-state index contributed by atoms with van der Waals surface area (Å²) >= 11 is 0. The molecule has 2 rings (SSSR count). The number of hydrogen-bond donors (Lipinski definition) is 1. The number of rotatable bonds is 4. The summed E-state index contributed by atoms with van der Waals surface area (Å²) in [6, 6.07) is 2.01. The maximum Gasteiger partial charge on any atom is 0.161 e. The molecule has 0 atom stereocenters. The molecule has 0 bridgehead atoms. The molecule has 0 saturated heterocycles. The smallest absolute Gasteiger partial charge is 0.161 e. The van der Waals surface area contributed by atoms with Gasteiger partial charge in [0.2, 0.25) is 0 Å². The van der Waals surface area contributed by atoms with Crippen molar-refractivity contribution in [3.63, 3.8) is 0 Å². The molecule has 0 unspecified atom stereocenters. The zero-order valence-corrected chi connectivity index (χ0v) is 11.1. The Bertz CT molecular complexity index is 530. The molecule has 2 aromatic rings. The van der Waals surface area contributed by atoms with Gasteiger partial charge in [-0.25, -0.2) is 14.6 Å². The van der Waals surface area contributed by atoms with E-state index in [-0.39, 0.29) is 0 Å². The standard InChI is InChI=1S/C13H19N5/c1-4-5-10-12(14)15-8-16-13(10)18-7-6-11(17-18)9(2)3/h6-9H,4-5H2,1-3H3,(H2,14,15,16). The molecule has 5 heteroatoms. The summed E-state index contributed by atoms with van der Waals surface area (Å²) in [5.41, 5.74) is 7.94. The minimum atomic E-state index is 0.403. The van der Waals surface area contributed by atoms with Crippen LogP contribution in [0.5, 0.6) is 0 Å². The van der Waals surface area contributed by atoms with Crippen LogP contribution in [0.15, 0.2) is 18.6 Å². The summed E-state index contributed by atoms with van der Waals surface area (Å²) < 4.78 is 1.79. The maximum atomic E-state index is 5.92. The fourth-order valence-electron chi connectivity index (χ4n) is 1.87. The predicted octanol–water partition coefficient (Wildman–Crippen LogP) is 2.32. The van der Waals surface area contributed by atoms with Crippen LogP contribution in [0, 0.1) is 0 Å². The zero-order valence-electron chi connectivity index (χ0n) is 11.1. The first kappa shape index (κ1) is 12.5. The van der Waals surface area contributed by atoms with Gasteiger partial charge in [-0.15, -0.1) is 0 Å². The lowest BCUT2D eigenvalue weighted by molar-refractivity contribution is 0.744. The Morgan fingerprint density at radius 2 is 2.11 bits per heavy atom. The highest BCUT2D eigenvalue weighted by molar-refractivity contribution is 5.48. The molecule has 18 heavy (non-hydrogen) atoms. The van der Waals surface area contributed by atoms with Crippen LogP contribution in [-0.4, -0.2) is 19.7 Å². The molecule has 0 aliphatic rings. The average molecular weight is 245 g/mol. The third-order valence-electron chi connectivity index (χ3n) is 2.87. The molecule has 96 valence electrons. The van der Waals surface area contributed by atoms with Crippen LogP contribution in [-0.2, 0) is 6.42 Å². The van der Waals surface area contributed by atoms with Gasteiger partial charge in [-0.1, -0.05) is 27.2 Å². The van der Waals surface area contributed by atoms with Crippen molar-refractivity contribution in [2.45, 2.75) is 39.5 Å². The summed E-state index contributed by atoms with van der Waals surface area (Å²) in [7, 11) is 0. The molecule has 2 aromatic heterocycles. The molecular weight excluding hydrogens is 226 g/mol. The fraction of sp³-hybridized carbons (Fsp3) is 0.462. The molecule has 0 radical (unpaired) electrons. The average Bonchev–Trinajstić information content (AvgIpc) is 2.81. The van der Waals surface area contributed by atoms with Crippen LogP contribution >= 0.6 is 0 Å². The van der Waals surface area contributed by atoms with E-state index in [1.54, 1.807) is 4.68 Å². The van der Waals surface area contributed by atoms with Gasteiger partial charge >= 0.3 is 0 Å². The largest absolute Gasteiger partial charge is 0.383 e. The summed E-state index contributed by atoms with van der Waals surface area (Å²) in [5.74, 6) is 1.74. The lowest BCUT2D eigenvalue weighted by atomic mass is 10.1. The summed E-state index contributed by atoms with van der Waals surface area (Å²) in [4.78, 5) is 8.36. The van der Waals surface area contributed by atoms with Crippen LogP contribution in [0.2, 0.25) is 0 Å². The number of anilines is 1. The second kappa shape index (κ2) is 5.16. The summed E-state index contributed by atoms with van der Waals surface area (Å²) in [6.07, 6.45) is 5.28. The first-order valence-corrected chi connectivity index (χ1v) is 6.28. The van der Waals surface area contributed by atoms with Gasteiger partial charge < -0.3 is 5.73 Å². The Morgan fingerprint density at radius 3 is 2.72 bits per heavy atom. The number of aromatic nitrogens is 4. The highest BCUT2D eigenvalue weighted by Crippen LogP contribution is 2.19. The molecule has 0 saturated carbocycles. The third kappa shape index (κ3) is 2.34. The molecule has 2 heterocycles. The van der Waals surface area contributed by atoms with E-state index in [1.165, 1.54) is 6.33 Å². The Morgan fingerprint density at radius 1 is 1.33 bits per heavy atom. The Balaban J connectivity index is 2.45. The lowest BCUT2D eigenvalue weighted by Gasteiger charge is -2.09. The second-order valence-corrected chi connectivity index (χ2v) is 4.65. The molecule has 2 N–H and O–H groups in total. The maximum absolute atomic E-state index is 5.92. The Kier molecular flexibility index (Phi) is 3.60. The van der Waals surface area contributed by atoms with E-state index in [2.05, 4.69) is 35.8 Å². The van der Waals surface area contributed by atoms with E-state index in [0.717, 1.165) is 29.9 Å². The zero-order chi connectivity index (χ0) is 13.1. The topological polar surface area (TPSA) is 69.6 Å². The van der Waals surface area contributed by atoms with E-state index < -0.39 is 0 Å². The molecule has 0 fully saturated rings. The van der Waals surface area contributed by atoms with Gasteiger partial charge in [-0.2, -0.15) is 5.10 Å². The summed E-state index contributed by atoms with van der Waals surface area (Å²) in [5, 5.41) is 4.53. The van der Waals surface area contributed by atoms with Crippen molar-refractivity contribution < 1.29 is 0 Å². The minimum Gasteiger partial charge on any atom is -0.383 e. The van der Waals surface area contributed by atoms with Crippen LogP contribution in [0.25, 0.3) is 5.82 Å². The molecule has 0 aliphatic carbocycles. The number of nitrogen functional groups attached to an aromatic ring is 1. The Labute approximate surface area is 107 Å². The second-order valence-electron chi connectivity index (χ2n) is 4.65. The van der Waals surface area contributed by atoms with Gasteiger partial charge in [0.05, 0.1) is 5.69 Å². The van der Waals surface area contributed by atoms with Crippen molar-refractivity contribution in [1.29, 1.82) is 0 Å². The van der Waals surface area contributed by atoms with Gasteiger partial charge in [-0.3, -0.25) is 0 Å². The number of hydrogen-bond acceptors (Lipinski definition) is 4. The number of nitrogens with zero attached hydrogens (tertiary/aromatic N) is 4. The lowest BCUT2D eigenvalue weighted by Crippen LogP contribution is -2.08. The quantitative estimate of drug-likeness (QED) is 0.897. The SMILES string of the molecule is CCCc1c(N)ncnc1-n1ccc(C(C)C)n1.